The fourth-order valence-electron chi connectivity index (χ4n) is 2.00. The molecule has 1 aliphatic heterocycles. The van der Waals surface area contributed by atoms with Gasteiger partial charge in [-0.1, -0.05) is 5.16 Å². The third-order valence-electron chi connectivity index (χ3n) is 2.88. The van der Waals surface area contributed by atoms with Crippen LogP contribution in [-0.4, -0.2) is 23.2 Å². The highest BCUT2D eigenvalue weighted by atomic mass is 79.9. The van der Waals surface area contributed by atoms with E-state index in [0.717, 1.165) is 34.1 Å². The number of nitrogens with zero attached hydrogens (tertiary/aromatic N) is 2. The molecule has 0 aromatic carbocycles. The Morgan fingerprint density at radius 3 is 3.12 bits per heavy atom. The Labute approximate surface area is 112 Å². The van der Waals surface area contributed by atoms with Gasteiger partial charge in [0.15, 0.2) is 0 Å². The van der Waals surface area contributed by atoms with Gasteiger partial charge in [-0.25, -0.2) is 0 Å². The molecule has 2 aromatic rings. The van der Waals surface area contributed by atoms with Crippen LogP contribution in [0.25, 0.3) is 10.7 Å². The number of hydrogen-bond donors (Lipinski definition) is 1. The molecular weight excluding hydrogens is 302 g/mol. The molecule has 3 heterocycles. The van der Waals surface area contributed by atoms with Crippen LogP contribution in [0.4, 0.5) is 0 Å². The van der Waals surface area contributed by atoms with Gasteiger partial charge in [-0.2, -0.15) is 4.98 Å². The van der Waals surface area contributed by atoms with Crippen LogP contribution in [0.3, 0.4) is 0 Å². The molecule has 2 aromatic heterocycles. The Hall–Kier alpha value is -0.720. The summed E-state index contributed by atoms with van der Waals surface area (Å²) in [6, 6.07) is 4.00. The van der Waals surface area contributed by atoms with Crippen molar-refractivity contribution in [2.45, 2.75) is 18.8 Å². The van der Waals surface area contributed by atoms with Gasteiger partial charge in [0.1, 0.15) is 0 Å². The van der Waals surface area contributed by atoms with Gasteiger partial charge in [-0.15, -0.1) is 11.3 Å². The second-order valence-electron chi connectivity index (χ2n) is 4.10. The summed E-state index contributed by atoms with van der Waals surface area (Å²) in [6.07, 6.45) is 2.30. The van der Waals surface area contributed by atoms with Crippen LogP contribution in [0.5, 0.6) is 0 Å². The monoisotopic (exact) mass is 313 g/mol. The quantitative estimate of drug-likeness (QED) is 0.926. The minimum Gasteiger partial charge on any atom is -0.339 e. The molecule has 1 unspecified atom stereocenters. The van der Waals surface area contributed by atoms with E-state index in [4.69, 9.17) is 4.52 Å². The SMILES string of the molecule is Brc1ccc(-c2noc(C3CCCNC3)n2)s1. The third kappa shape index (κ3) is 2.43. The number of hydrogen-bond acceptors (Lipinski definition) is 5. The Morgan fingerprint density at radius 2 is 2.41 bits per heavy atom. The van der Waals surface area contributed by atoms with E-state index < -0.39 is 0 Å². The average Bonchev–Trinajstić information content (AvgIpc) is 2.98. The van der Waals surface area contributed by atoms with Crippen LogP contribution < -0.4 is 5.32 Å². The number of nitrogens with one attached hydrogen (secondary N) is 1. The first-order valence-electron chi connectivity index (χ1n) is 5.63. The van der Waals surface area contributed by atoms with Gasteiger partial charge in [-0.05, 0) is 47.4 Å². The number of piperidine rings is 1. The van der Waals surface area contributed by atoms with Crippen molar-refractivity contribution in [2.75, 3.05) is 13.1 Å². The highest BCUT2D eigenvalue weighted by Gasteiger charge is 2.21. The largest absolute Gasteiger partial charge is 0.339 e. The summed E-state index contributed by atoms with van der Waals surface area (Å²) < 4.78 is 6.44. The summed E-state index contributed by atoms with van der Waals surface area (Å²) in [5, 5.41) is 7.40. The van der Waals surface area contributed by atoms with E-state index in [-0.39, 0.29) is 0 Å². The maximum Gasteiger partial charge on any atom is 0.231 e. The van der Waals surface area contributed by atoms with Crippen molar-refractivity contribution in [3.05, 3.63) is 21.8 Å². The average molecular weight is 314 g/mol. The van der Waals surface area contributed by atoms with Crippen molar-refractivity contribution in [1.82, 2.24) is 15.5 Å². The van der Waals surface area contributed by atoms with Gasteiger partial charge in [0.2, 0.25) is 11.7 Å². The predicted octanol–water partition coefficient (Wildman–Crippen LogP) is 3.03. The standard InChI is InChI=1S/C11H12BrN3OS/c12-9-4-3-8(17-9)10-14-11(16-15-10)7-2-1-5-13-6-7/h3-4,7,13H,1-2,5-6H2. The lowest BCUT2D eigenvalue weighted by molar-refractivity contribution is 0.322. The number of aromatic nitrogens is 2. The van der Waals surface area contributed by atoms with Gasteiger partial charge in [0, 0.05) is 6.54 Å². The van der Waals surface area contributed by atoms with Crippen LogP contribution in [0.15, 0.2) is 20.4 Å². The Morgan fingerprint density at radius 1 is 1.47 bits per heavy atom. The molecule has 1 saturated heterocycles. The normalized spacial score (nSPS) is 20.6. The van der Waals surface area contributed by atoms with Crippen molar-refractivity contribution in [1.29, 1.82) is 0 Å². The molecule has 0 bridgehead atoms. The lowest BCUT2D eigenvalue weighted by Crippen LogP contribution is -2.28. The van der Waals surface area contributed by atoms with E-state index >= 15 is 0 Å². The Balaban J connectivity index is 1.82. The molecule has 0 spiro atoms. The minimum absolute atomic E-state index is 0.369. The molecule has 0 radical (unpaired) electrons. The summed E-state index contributed by atoms with van der Waals surface area (Å²) in [7, 11) is 0. The molecule has 1 atom stereocenters. The summed E-state index contributed by atoms with van der Waals surface area (Å²) in [5.74, 6) is 1.83. The molecular formula is C11H12BrN3OS. The van der Waals surface area contributed by atoms with Crippen LogP contribution >= 0.6 is 27.3 Å². The molecule has 90 valence electrons. The maximum atomic E-state index is 5.36. The van der Waals surface area contributed by atoms with Crippen LogP contribution in [0.1, 0.15) is 24.7 Å². The zero-order valence-corrected chi connectivity index (χ0v) is 11.6. The second kappa shape index (κ2) is 4.88. The third-order valence-corrected chi connectivity index (χ3v) is 4.50. The van der Waals surface area contributed by atoms with Crippen LogP contribution in [0.2, 0.25) is 0 Å². The maximum absolute atomic E-state index is 5.36. The first kappa shape index (κ1) is 11.4. The van der Waals surface area contributed by atoms with Crippen molar-refractivity contribution >= 4 is 27.3 Å². The molecule has 0 aliphatic carbocycles. The molecule has 3 rings (SSSR count). The zero-order valence-electron chi connectivity index (χ0n) is 9.15. The molecule has 17 heavy (non-hydrogen) atoms. The predicted molar refractivity (Wildman–Crippen MR) is 70.2 cm³/mol. The van der Waals surface area contributed by atoms with Crippen molar-refractivity contribution in [3.8, 4) is 10.7 Å². The smallest absolute Gasteiger partial charge is 0.231 e. The molecule has 1 fully saturated rings. The van der Waals surface area contributed by atoms with Gasteiger partial charge in [-0.3, -0.25) is 0 Å². The van der Waals surface area contributed by atoms with Crippen LogP contribution in [-0.2, 0) is 0 Å². The lowest BCUT2D eigenvalue weighted by Gasteiger charge is -2.18. The van der Waals surface area contributed by atoms with Gasteiger partial charge in [0.05, 0.1) is 14.6 Å². The van der Waals surface area contributed by atoms with E-state index in [9.17, 15) is 0 Å². The fourth-order valence-corrected chi connectivity index (χ4v) is 3.31. The van der Waals surface area contributed by atoms with E-state index in [1.54, 1.807) is 11.3 Å². The molecule has 1 aliphatic rings. The summed E-state index contributed by atoms with van der Waals surface area (Å²) >= 11 is 5.05. The van der Waals surface area contributed by atoms with E-state index in [1.807, 2.05) is 12.1 Å². The molecule has 4 nitrogen and oxygen atoms in total. The molecule has 6 heteroatoms. The lowest BCUT2D eigenvalue weighted by atomic mass is 10.00. The first-order valence-corrected chi connectivity index (χ1v) is 7.24. The summed E-state index contributed by atoms with van der Waals surface area (Å²) in [4.78, 5) is 5.53. The van der Waals surface area contributed by atoms with E-state index in [1.165, 1.54) is 6.42 Å². The van der Waals surface area contributed by atoms with E-state index in [0.29, 0.717) is 11.7 Å². The number of rotatable bonds is 2. The molecule has 0 amide bonds. The van der Waals surface area contributed by atoms with Gasteiger partial charge >= 0.3 is 0 Å². The Bertz CT molecular complexity index is 504. The Kier molecular flexibility index (Phi) is 3.26. The number of thiophene rings is 1. The molecule has 0 saturated carbocycles. The fraction of sp³-hybridized carbons (Fsp3) is 0.455. The minimum atomic E-state index is 0.369. The van der Waals surface area contributed by atoms with Crippen molar-refractivity contribution < 1.29 is 4.52 Å². The highest BCUT2D eigenvalue weighted by Crippen LogP contribution is 2.31. The summed E-state index contributed by atoms with van der Waals surface area (Å²) in [5.41, 5.74) is 0. The van der Waals surface area contributed by atoms with E-state index in [2.05, 4.69) is 31.4 Å². The highest BCUT2D eigenvalue weighted by molar-refractivity contribution is 9.11. The first-order chi connectivity index (χ1) is 8.33. The second-order valence-corrected chi connectivity index (χ2v) is 6.57. The van der Waals surface area contributed by atoms with Gasteiger partial charge in [0.25, 0.3) is 0 Å². The summed E-state index contributed by atoms with van der Waals surface area (Å²) in [6.45, 7) is 2.03. The zero-order chi connectivity index (χ0) is 11.7. The topological polar surface area (TPSA) is 51.0 Å². The number of halogens is 1. The molecule has 1 N–H and O–H groups in total. The van der Waals surface area contributed by atoms with Gasteiger partial charge < -0.3 is 9.84 Å². The van der Waals surface area contributed by atoms with Crippen molar-refractivity contribution in [2.24, 2.45) is 0 Å². The van der Waals surface area contributed by atoms with Crippen LogP contribution in [0, 0.1) is 0 Å². The van der Waals surface area contributed by atoms with Crippen molar-refractivity contribution in [3.63, 3.8) is 0 Å².